The summed E-state index contributed by atoms with van der Waals surface area (Å²) in [5, 5.41) is 3.09. The van der Waals surface area contributed by atoms with Gasteiger partial charge in [-0.1, -0.05) is 18.2 Å². The van der Waals surface area contributed by atoms with E-state index in [1.165, 1.54) is 6.07 Å². The van der Waals surface area contributed by atoms with Gasteiger partial charge in [-0.15, -0.1) is 11.3 Å². The molecule has 1 saturated heterocycles. The van der Waals surface area contributed by atoms with E-state index in [0.29, 0.717) is 5.56 Å². The highest BCUT2D eigenvalue weighted by molar-refractivity contribution is 7.09. The number of aryl methyl sites for hydroxylation is 1. The molecule has 0 bridgehead atoms. The van der Waals surface area contributed by atoms with Crippen LogP contribution >= 0.6 is 11.3 Å². The summed E-state index contributed by atoms with van der Waals surface area (Å²) in [7, 11) is 0. The molecule has 5 heteroatoms. The molecule has 3 atom stereocenters. The van der Waals surface area contributed by atoms with Crippen molar-refractivity contribution in [3.8, 4) is 0 Å². The molecule has 0 radical (unpaired) electrons. The lowest BCUT2D eigenvalue weighted by atomic mass is 10.0. The highest BCUT2D eigenvalue weighted by Crippen LogP contribution is 2.50. The van der Waals surface area contributed by atoms with E-state index in [2.05, 4.69) is 4.98 Å². The molecule has 0 spiro atoms. The molecule has 2 aromatic rings. The van der Waals surface area contributed by atoms with Crippen LogP contribution in [0.1, 0.15) is 53.9 Å². The second kappa shape index (κ2) is 6.28. The van der Waals surface area contributed by atoms with Gasteiger partial charge in [-0.3, -0.25) is 4.79 Å². The van der Waals surface area contributed by atoms with Crippen LogP contribution in [0.4, 0.5) is 4.39 Å². The summed E-state index contributed by atoms with van der Waals surface area (Å²) in [4.78, 5) is 19.6. The predicted molar refractivity (Wildman–Crippen MR) is 92.4 cm³/mol. The van der Waals surface area contributed by atoms with Gasteiger partial charge in [0.1, 0.15) is 10.8 Å². The molecule has 0 unspecified atom stereocenters. The number of likely N-dealkylation sites (tertiary alicyclic amines) is 1. The number of halogens is 1. The molecule has 1 aromatic heterocycles. The van der Waals surface area contributed by atoms with Crippen molar-refractivity contribution in [1.82, 2.24) is 9.88 Å². The van der Waals surface area contributed by atoms with Gasteiger partial charge in [0, 0.05) is 23.5 Å². The van der Waals surface area contributed by atoms with Crippen LogP contribution in [-0.4, -0.2) is 22.3 Å². The molecule has 126 valence electrons. The summed E-state index contributed by atoms with van der Waals surface area (Å²) in [5.41, 5.74) is 1.71. The smallest absolute Gasteiger partial charge is 0.226 e. The van der Waals surface area contributed by atoms with Gasteiger partial charge in [-0.05, 0) is 50.2 Å². The summed E-state index contributed by atoms with van der Waals surface area (Å²) >= 11 is 1.64. The van der Waals surface area contributed by atoms with E-state index < -0.39 is 0 Å². The molecule has 0 N–H and O–H groups in total. The van der Waals surface area contributed by atoms with Crippen LogP contribution in [0.5, 0.6) is 0 Å². The van der Waals surface area contributed by atoms with Crippen LogP contribution in [0.3, 0.4) is 0 Å². The number of piperidine rings is 1. The number of carbonyl (C=O) groups is 1. The van der Waals surface area contributed by atoms with Crippen LogP contribution in [-0.2, 0) is 4.79 Å². The van der Waals surface area contributed by atoms with Crippen molar-refractivity contribution in [1.29, 1.82) is 0 Å². The number of hydrogen-bond acceptors (Lipinski definition) is 3. The van der Waals surface area contributed by atoms with Gasteiger partial charge in [0.25, 0.3) is 0 Å². The van der Waals surface area contributed by atoms with Gasteiger partial charge in [0.15, 0.2) is 0 Å². The van der Waals surface area contributed by atoms with E-state index in [9.17, 15) is 9.18 Å². The molecule has 2 aliphatic rings. The normalized spacial score (nSPS) is 26.4. The number of benzene rings is 1. The zero-order chi connectivity index (χ0) is 16.7. The molecule has 24 heavy (non-hydrogen) atoms. The van der Waals surface area contributed by atoms with E-state index in [0.717, 1.165) is 42.9 Å². The first kappa shape index (κ1) is 15.8. The summed E-state index contributed by atoms with van der Waals surface area (Å²) in [6, 6.07) is 6.94. The Morgan fingerprint density at radius 3 is 2.92 bits per heavy atom. The minimum atomic E-state index is -0.191. The fourth-order valence-corrected chi connectivity index (χ4v) is 4.72. The molecule has 1 amide bonds. The van der Waals surface area contributed by atoms with Crippen molar-refractivity contribution in [2.24, 2.45) is 5.92 Å². The third-order valence-electron chi connectivity index (χ3n) is 5.12. The van der Waals surface area contributed by atoms with E-state index in [-0.39, 0.29) is 29.6 Å². The number of thiazole rings is 1. The Balaban J connectivity index is 1.52. The summed E-state index contributed by atoms with van der Waals surface area (Å²) in [5.74, 6) is -0.0350. The number of aromatic nitrogens is 1. The molecular weight excluding hydrogens is 323 g/mol. The lowest BCUT2D eigenvalue weighted by Crippen LogP contribution is -2.39. The Morgan fingerprint density at radius 1 is 1.33 bits per heavy atom. The van der Waals surface area contributed by atoms with Crippen molar-refractivity contribution in [2.75, 3.05) is 6.54 Å². The highest BCUT2D eigenvalue weighted by atomic mass is 32.1. The lowest BCUT2D eigenvalue weighted by Gasteiger charge is -2.35. The average molecular weight is 344 g/mol. The zero-order valence-electron chi connectivity index (χ0n) is 13.7. The van der Waals surface area contributed by atoms with Crippen LogP contribution in [0.2, 0.25) is 0 Å². The van der Waals surface area contributed by atoms with E-state index >= 15 is 0 Å². The maximum atomic E-state index is 14.0. The van der Waals surface area contributed by atoms with Crippen LogP contribution in [0.25, 0.3) is 0 Å². The minimum absolute atomic E-state index is 0.0410. The monoisotopic (exact) mass is 344 g/mol. The van der Waals surface area contributed by atoms with Crippen LogP contribution < -0.4 is 0 Å². The molecule has 1 aliphatic carbocycles. The molecule has 1 aromatic carbocycles. The van der Waals surface area contributed by atoms with E-state index in [1.54, 1.807) is 17.4 Å². The topological polar surface area (TPSA) is 33.2 Å². The van der Waals surface area contributed by atoms with Gasteiger partial charge in [-0.25, -0.2) is 9.37 Å². The summed E-state index contributed by atoms with van der Waals surface area (Å²) in [6.45, 7) is 2.78. The number of carbonyl (C=O) groups excluding carboxylic acids is 1. The van der Waals surface area contributed by atoms with Gasteiger partial charge < -0.3 is 4.90 Å². The first-order valence-electron chi connectivity index (χ1n) is 8.62. The Labute approximate surface area is 145 Å². The molecular formula is C19H21FN2OS. The van der Waals surface area contributed by atoms with E-state index in [1.807, 2.05) is 29.3 Å². The van der Waals surface area contributed by atoms with Crippen molar-refractivity contribution in [3.05, 3.63) is 51.7 Å². The standard InChI is InChI=1S/C19H21FN2OS/c1-12-11-24-18(21-12)17-8-4-5-9-22(17)19(23)15-10-14(15)13-6-2-3-7-16(13)20/h2-3,6-7,11,14-15,17H,4-5,8-10H2,1H3/t14-,15-,17-/m0/s1. The third-order valence-corrected chi connectivity index (χ3v) is 6.18. The first-order valence-corrected chi connectivity index (χ1v) is 9.50. The molecule has 2 fully saturated rings. The average Bonchev–Trinajstić information content (AvgIpc) is 3.28. The van der Waals surface area contributed by atoms with Crippen LogP contribution in [0.15, 0.2) is 29.6 Å². The van der Waals surface area contributed by atoms with Crippen LogP contribution in [0, 0.1) is 18.7 Å². The second-order valence-corrected chi connectivity index (χ2v) is 7.73. The lowest BCUT2D eigenvalue weighted by molar-refractivity contribution is -0.136. The van der Waals surface area contributed by atoms with Gasteiger partial charge in [-0.2, -0.15) is 0 Å². The number of hydrogen-bond donors (Lipinski definition) is 0. The van der Waals surface area contributed by atoms with Crippen molar-refractivity contribution in [2.45, 2.75) is 44.6 Å². The molecule has 3 nitrogen and oxygen atoms in total. The van der Waals surface area contributed by atoms with Crippen molar-refractivity contribution in [3.63, 3.8) is 0 Å². The Kier molecular flexibility index (Phi) is 4.12. The summed E-state index contributed by atoms with van der Waals surface area (Å²) < 4.78 is 14.0. The van der Waals surface area contributed by atoms with E-state index in [4.69, 9.17) is 0 Å². The highest BCUT2D eigenvalue weighted by Gasteiger charge is 2.48. The largest absolute Gasteiger partial charge is 0.333 e. The summed E-state index contributed by atoms with van der Waals surface area (Å²) in [6.07, 6.45) is 3.92. The zero-order valence-corrected chi connectivity index (χ0v) is 14.6. The molecule has 1 aliphatic heterocycles. The van der Waals surface area contributed by atoms with Gasteiger partial charge in [0.2, 0.25) is 5.91 Å². The molecule has 1 saturated carbocycles. The maximum absolute atomic E-state index is 14.0. The van der Waals surface area contributed by atoms with Gasteiger partial charge >= 0.3 is 0 Å². The van der Waals surface area contributed by atoms with Crippen molar-refractivity contribution >= 4 is 17.2 Å². The molecule has 4 rings (SSSR count). The van der Waals surface area contributed by atoms with Crippen molar-refractivity contribution < 1.29 is 9.18 Å². The Bertz CT molecular complexity index is 759. The minimum Gasteiger partial charge on any atom is -0.333 e. The first-order chi connectivity index (χ1) is 11.6. The SMILES string of the molecule is Cc1csc([C@@H]2CCCCN2C(=O)[C@H]2C[C@H]2c2ccccc2F)n1. The Morgan fingerprint density at radius 2 is 2.17 bits per heavy atom. The third kappa shape index (κ3) is 2.86. The predicted octanol–water partition coefficient (Wildman–Crippen LogP) is 4.45. The second-order valence-electron chi connectivity index (χ2n) is 6.84. The maximum Gasteiger partial charge on any atom is 0.226 e. The van der Waals surface area contributed by atoms with Gasteiger partial charge in [0.05, 0.1) is 6.04 Å². The number of rotatable bonds is 3. The molecule has 2 heterocycles. The fourth-order valence-electron chi connectivity index (χ4n) is 3.78. The number of amides is 1. The Hall–Kier alpha value is -1.75. The quantitative estimate of drug-likeness (QED) is 0.824. The fraction of sp³-hybridized carbons (Fsp3) is 0.474. The number of nitrogens with zero attached hydrogens (tertiary/aromatic N) is 2.